The Morgan fingerprint density at radius 2 is 1.18 bits per heavy atom. The van der Waals surface area contributed by atoms with Crippen molar-refractivity contribution in [1.29, 1.82) is 0 Å². The summed E-state index contributed by atoms with van der Waals surface area (Å²) in [7, 11) is 0.486. The Balaban J connectivity index is 0.000000316. The number of hydrogen-bond acceptors (Lipinski definition) is 15. The lowest BCUT2D eigenvalue weighted by Gasteiger charge is -2.19. The average Bonchev–Trinajstić information content (AvgIpc) is 3.52. The van der Waals surface area contributed by atoms with Gasteiger partial charge in [0.1, 0.15) is 11.2 Å². The zero-order valence-corrected chi connectivity index (χ0v) is 31.6. The fraction of sp³-hybridized carbons (Fsp3) is 0.429. The molecule has 0 bridgehead atoms. The SMILES string of the molecule is CN(c1nn(C(=O)OC(C)(C)C)c2ccc([N+](=O)[O-])cc12)S(C)(=O)=O.CNc1nn(C(=O)OC(C)(C)C)c2ccc([N+](=O)[O-])cc12.CS(=O)(=O)Cl. The van der Waals surface area contributed by atoms with E-state index in [1.54, 1.807) is 48.6 Å². The summed E-state index contributed by atoms with van der Waals surface area (Å²) in [6, 6.07) is 7.86. The third-order valence-electron chi connectivity index (χ3n) is 5.89. The molecule has 0 atom stereocenters. The van der Waals surface area contributed by atoms with Crippen LogP contribution >= 0.6 is 10.7 Å². The molecule has 2 heterocycles. The second-order valence-corrected chi connectivity index (χ2v) is 17.6. The monoisotopic (exact) mass is 776 g/mol. The molecule has 0 unspecified atom stereocenters. The molecule has 0 aliphatic carbocycles. The third-order valence-corrected chi connectivity index (χ3v) is 7.06. The number of anilines is 2. The number of benzene rings is 2. The van der Waals surface area contributed by atoms with Crippen LogP contribution in [0.3, 0.4) is 0 Å². The summed E-state index contributed by atoms with van der Waals surface area (Å²) in [5.74, 6) is 0.270. The van der Waals surface area contributed by atoms with Gasteiger partial charge in [-0.15, -0.1) is 10.2 Å². The van der Waals surface area contributed by atoms with Crippen molar-refractivity contribution in [3.05, 3.63) is 56.6 Å². The Hall–Kier alpha value is -5.09. The molecule has 280 valence electrons. The van der Waals surface area contributed by atoms with E-state index < -0.39 is 52.3 Å². The van der Waals surface area contributed by atoms with Crippen molar-refractivity contribution in [2.24, 2.45) is 0 Å². The molecule has 51 heavy (non-hydrogen) atoms. The molecule has 0 saturated heterocycles. The van der Waals surface area contributed by atoms with E-state index in [9.17, 15) is 46.7 Å². The Bertz CT molecular complexity index is 2200. The minimum absolute atomic E-state index is 0.0669. The summed E-state index contributed by atoms with van der Waals surface area (Å²) in [4.78, 5) is 45.2. The van der Waals surface area contributed by atoms with Crippen molar-refractivity contribution < 1.29 is 45.7 Å². The molecule has 0 fully saturated rings. The van der Waals surface area contributed by atoms with E-state index in [0.29, 0.717) is 16.7 Å². The van der Waals surface area contributed by atoms with Crippen LogP contribution in [0.25, 0.3) is 21.8 Å². The Labute approximate surface area is 297 Å². The Morgan fingerprint density at radius 1 is 0.804 bits per heavy atom. The molecule has 23 heteroatoms. The van der Waals surface area contributed by atoms with Gasteiger partial charge in [0.25, 0.3) is 11.4 Å². The van der Waals surface area contributed by atoms with E-state index in [0.717, 1.165) is 26.2 Å². The van der Waals surface area contributed by atoms with Crippen molar-refractivity contribution in [2.45, 2.75) is 52.7 Å². The van der Waals surface area contributed by atoms with Gasteiger partial charge < -0.3 is 14.8 Å². The fourth-order valence-corrected chi connectivity index (χ4v) is 4.34. The predicted octanol–water partition coefficient (Wildman–Crippen LogP) is 5.08. The number of nitrogens with zero attached hydrogens (tertiary/aromatic N) is 7. The number of ether oxygens (including phenoxy) is 2. The van der Waals surface area contributed by atoms with E-state index in [2.05, 4.69) is 26.2 Å². The maximum atomic E-state index is 12.4. The van der Waals surface area contributed by atoms with Gasteiger partial charge in [-0.05, 0) is 53.7 Å². The number of carbonyl (C=O) groups is 2. The normalized spacial score (nSPS) is 11.8. The first-order valence-electron chi connectivity index (χ1n) is 14.4. The number of hydrogen-bond donors (Lipinski definition) is 1. The van der Waals surface area contributed by atoms with E-state index in [1.165, 1.54) is 43.4 Å². The number of aromatic nitrogens is 4. The zero-order valence-electron chi connectivity index (χ0n) is 29.2. The molecular formula is C28H37ClN8O12S2. The smallest absolute Gasteiger partial charge is 0.435 e. The van der Waals surface area contributed by atoms with Crippen molar-refractivity contribution in [2.75, 3.05) is 36.2 Å². The van der Waals surface area contributed by atoms with Gasteiger partial charge in [-0.3, -0.25) is 24.5 Å². The van der Waals surface area contributed by atoms with Crippen LogP contribution in [0.1, 0.15) is 41.5 Å². The number of nitrogens with one attached hydrogen (secondary N) is 1. The van der Waals surface area contributed by atoms with Crippen molar-refractivity contribution in [3.8, 4) is 0 Å². The molecule has 4 aromatic rings. The second kappa shape index (κ2) is 15.4. The molecule has 0 aliphatic rings. The van der Waals surface area contributed by atoms with Gasteiger partial charge in [0, 0.05) is 49.0 Å². The number of nitro benzene ring substituents is 2. The number of sulfonamides is 1. The minimum atomic E-state index is -3.69. The number of non-ortho nitro benzene ring substituents is 2. The maximum absolute atomic E-state index is 12.4. The minimum Gasteiger partial charge on any atom is -0.442 e. The quantitative estimate of drug-likeness (QED) is 0.157. The lowest BCUT2D eigenvalue weighted by atomic mass is 10.2. The van der Waals surface area contributed by atoms with E-state index >= 15 is 0 Å². The van der Waals surface area contributed by atoms with Gasteiger partial charge in [-0.2, -0.15) is 9.36 Å². The third kappa shape index (κ3) is 12.0. The van der Waals surface area contributed by atoms with Gasteiger partial charge in [0.15, 0.2) is 11.6 Å². The largest absolute Gasteiger partial charge is 0.442 e. The predicted molar refractivity (Wildman–Crippen MR) is 190 cm³/mol. The molecule has 1 N–H and O–H groups in total. The maximum Gasteiger partial charge on any atom is 0.435 e. The lowest BCUT2D eigenvalue weighted by molar-refractivity contribution is -0.384. The molecule has 0 saturated carbocycles. The summed E-state index contributed by atoms with van der Waals surface area (Å²) in [5.41, 5.74) is -1.12. The molecular weight excluding hydrogens is 740 g/mol. The molecule has 20 nitrogen and oxygen atoms in total. The van der Waals surface area contributed by atoms with Crippen LogP contribution in [0.4, 0.5) is 32.6 Å². The van der Waals surface area contributed by atoms with Crippen LogP contribution in [0.5, 0.6) is 0 Å². The number of carbonyl (C=O) groups excluding carboxylic acids is 2. The van der Waals surface area contributed by atoms with Crippen LogP contribution in [-0.4, -0.2) is 96.2 Å². The van der Waals surface area contributed by atoms with Gasteiger partial charge >= 0.3 is 12.2 Å². The molecule has 0 spiro atoms. The van der Waals surface area contributed by atoms with E-state index in [4.69, 9.17) is 9.47 Å². The highest BCUT2D eigenvalue weighted by molar-refractivity contribution is 8.13. The van der Waals surface area contributed by atoms with Gasteiger partial charge in [0.2, 0.25) is 19.1 Å². The van der Waals surface area contributed by atoms with Crippen molar-refractivity contribution in [3.63, 3.8) is 0 Å². The summed E-state index contributed by atoms with van der Waals surface area (Å²) in [5, 5.41) is 33.4. The standard InChI is InChI=1S/C14H18N4O6S.C13H16N4O4.CH3ClO2S/c1-14(2,3)24-13(19)17-11-7-6-9(18(20)21)8-10(11)12(15-17)16(4)25(5,22)23;1-13(2,3)21-12(18)16-10-6-5-8(17(19)20)7-9(10)11(14-4)15-16;1-5(2,3)4/h6-8H,1-5H3;5-7H,1-4H3,(H,14,15);1H3. The Kier molecular flexibility index (Phi) is 12.7. The van der Waals surface area contributed by atoms with Crippen LogP contribution in [0, 0.1) is 20.2 Å². The fourth-order valence-electron chi connectivity index (χ4n) is 3.89. The van der Waals surface area contributed by atoms with Crippen LogP contribution in [0.2, 0.25) is 0 Å². The highest BCUT2D eigenvalue weighted by Gasteiger charge is 2.27. The number of nitro groups is 2. The molecule has 0 aliphatic heterocycles. The highest BCUT2D eigenvalue weighted by Crippen LogP contribution is 2.31. The summed E-state index contributed by atoms with van der Waals surface area (Å²) in [6.45, 7) is 10.3. The number of fused-ring (bicyclic) bond motifs is 2. The van der Waals surface area contributed by atoms with Gasteiger partial charge in [0.05, 0.1) is 44.2 Å². The zero-order chi connectivity index (χ0) is 39.4. The summed E-state index contributed by atoms with van der Waals surface area (Å²) in [6.07, 6.45) is 0.430. The molecule has 0 amide bonds. The van der Waals surface area contributed by atoms with Crippen LogP contribution in [-0.2, 0) is 28.5 Å². The van der Waals surface area contributed by atoms with Crippen molar-refractivity contribution in [1.82, 2.24) is 19.6 Å². The lowest BCUT2D eigenvalue weighted by Crippen LogP contribution is -2.29. The molecule has 0 radical (unpaired) electrons. The van der Waals surface area contributed by atoms with Gasteiger partial charge in [-0.1, -0.05) is 0 Å². The van der Waals surface area contributed by atoms with E-state index in [-0.39, 0.29) is 28.1 Å². The first-order chi connectivity index (χ1) is 23.0. The van der Waals surface area contributed by atoms with Crippen LogP contribution < -0.4 is 9.62 Å². The first-order valence-corrected chi connectivity index (χ1v) is 18.9. The highest BCUT2D eigenvalue weighted by atomic mass is 35.7. The first kappa shape index (κ1) is 42.1. The summed E-state index contributed by atoms with van der Waals surface area (Å²) >= 11 is 0. The second-order valence-electron chi connectivity index (χ2n) is 12.5. The Morgan fingerprint density at radius 3 is 1.53 bits per heavy atom. The van der Waals surface area contributed by atoms with Crippen LogP contribution in [0.15, 0.2) is 36.4 Å². The van der Waals surface area contributed by atoms with Gasteiger partial charge in [-0.25, -0.2) is 26.4 Å². The average molecular weight is 777 g/mol. The molecule has 2 aromatic heterocycles. The molecule has 4 rings (SSSR count). The van der Waals surface area contributed by atoms with E-state index in [1.807, 2.05) is 0 Å². The van der Waals surface area contributed by atoms with Crippen molar-refractivity contribution >= 4 is 86.8 Å². The summed E-state index contributed by atoms with van der Waals surface area (Å²) < 4.78 is 55.8. The topological polar surface area (TPSA) is 258 Å². The number of rotatable bonds is 5. The number of halogens is 1. The molecule has 2 aromatic carbocycles.